The first-order valence-corrected chi connectivity index (χ1v) is 9.05. The number of hydrogen-bond donors (Lipinski definition) is 2. The van der Waals surface area contributed by atoms with E-state index in [0.717, 1.165) is 12.8 Å². The van der Waals surface area contributed by atoms with E-state index in [9.17, 15) is 13.2 Å². The van der Waals surface area contributed by atoms with Crippen LogP contribution in [0.15, 0.2) is 35.2 Å². The van der Waals surface area contributed by atoms with Crippen LogP contribution >= 0.6 is 12.4 Å². The summed E-state index contributed by atoms with van der Waals surface area (Å²) in [5.74, 6) is -0.335. The van der Waals surface area contributed by atoms with Crippen molar-refractivity contribution in [2.75, 3.05) is 25.5 Å². The Kier molecular flexibility index (Phi) is 7.98. The van der Waals surface area contributed by atoms with Crippen LogP contribution < -0.4 is 11.1 Å². The summed E-state index contributed by atoms with van der Waals surface area (Å²) < 4.78 is 29.4. The molecule has 0 aromatic heterocycles. The second-order valence-corrected chi connectivity index (χ2v) is 7.51. The number of carbonyl (C=O) groups excluding carboxylic acids is 1. The maximum atomic E-state index is 12.1. The van der Waals surface area contributed by atoms with E-state index in [1.165, 1.54) is 0 Å². The lowest BCUT2D eigenvalue weighted by Crippen LogP contribution is -2.48. The van der Waals surface area contributed by atoms with Gasteiger partial charge in [-0.25, -0.2) is 8.42 Å². The molecule has 1 aliphatic rings. The molecule has 1 amide bonds. The summed E-state index contributed by atoms with van der Waals surface area (Å²) in [6.07, 6.45) is 1.52. The van der Waals surface area contributed by atoms with E-state index in [1.54, 1.807) is 30.3 Å². The number of nitrogens with two attached hydrogens (primary N) is 1. The number of hydrogen-bond acceptors (Lipinski definition) is 5. The first-order valence-electron chi connectivity index (χ1n) is 7.39. The second-order valence-electron chi connectivity index (χ2n) is 5.40. The molecule has 23 heavy (non-hydrogen) atoms. The van der Waals surface area contributed by atoms with Gasteiger partial charge in [0.1, 0.15) is 0 Å². The maximum Gasteiger partial charge on any atom is 0.237 e. The molecule has 1 atom stereocenters. The van der Waals surface area contributed by atoms with Crippen molar-refractivity contribution in [3.63, 3.8) is 0 Å². The minimum Gasteiger partial charge on any atom is -0.381 e. The van der Waals surface area contributed by atoms with Crippen LogP contribution in [0.3, 0.4) is 0 Å². The van der Waals surface area contributed by atoms with Gasteiger partial charge in [-0.1, -0.05) is 18.2 Å². The number of amides is 1. The van der Waals surface area contributed by atoms with Gasteiger partial charge in [-0.15, -0.1) is 12.4 Å². The summed E-state index contributed by atoms with van der Waals surface area (Å²) in [7, 11) is -3.38. The van der Waals surface area contributed by atoms with Crippen molar-refractivity contribution in [2.45, 2.75) is 23.8 Å². The molecule has 1 heterocycles. The Hall–Kier alpha value is -1.15. The molecule has 1 aliphatic heterocycles. The largest absolute Gasteiger partial charge is 0.381 e. The van der Waals surface area contributed by atoms with Gasteiger partial charge in [0.15, 0.2) is 9.84 Å². The molecule has 0 radical (unpaired) electrons. The number of benzene rings is 1. The van der Waals surface area contributed by atoms with Crippen LogP contribution in [0.4, 0.5) is 0 Å². The van der Waals surface area contributed by atoms with Gasteiger partial charge < -0.3 is 15.8 Å². The van der Waals surface area contributed by atoms with Gasteiger partial charge in [-0.2, -0.15) is 0 Å². The molecule has 130 valence electrons. The summed E-state index contributed by atoms with van der Waals surface area (Å²) in [5.41, 5.74) is 5.94. The lowest BCUT2D eigenvalue weighted by molar-refractivity contribution is -0.124. The quantitative estimate of drug-likeness (QED) is 0.778. The third-order valence-corrected chi connectivity index (χ3v) is 5.58. The van der Waals surface area contributed by atoms with Crippen molar-refractivity contribution in [3.05, 3.63) is 30.3 Å². The highest BCUT2D eigenvalue weighted by atomic mass is 35.5. The van der Waals surface area contributed by atoms with E-state index in [2.05, 4.69) is 5.32 Å². The standard InChI is InChI=1S/C15H22N2O4S.ClH/c16-14(12-6-9-21-10-7-12)15(18)17-8-11-22(19,20)13-4-2-1-3-5-13;/h1-5,12,14H,6-11,16H2,(H,17,18);1H. The summed E-state index contributed by atoms with van der Waals surface area (Å²) in [4.78, 5) is 12.3. The minimum absolute atomic E-state index is 0. The highest BCUT2D eigenvalue weighted by molar-refractivity contribution is 7.91. The zero-order chi connectivity index (χ0) is 16.0. The Morgan fingerprint density at radius 1 is 1.26 bits per heavy atom. The lowest BCUT2D eigenvalue weighted by Gasteiger charge is -2.26. The maximum absolute atomic E-state index is 12.1. The van der Waals surface area contributed by atoms with Crippen LogP contribution in [0.2, 0.25) is 0 Å². The Morgan fingerprint density at radius 3 is 2.48 bits per heavy atom. The van der Waals surface area contributed by atoms with Crippen molar-refractivity contribution >= 4 is 28.2 Å². The lowest BCUT2D eigenvalue weighted by atomic mass is 9.92. The molecular weight excluding hydrogens is 340 g/mol. The molecule has 2 rings (SSSR count). The van der Waals surface area contributed by atoms with Crippen molar-refractivity contribution in [2.24, 2.45) is 11.7 Å². The highest BCUT2D eigenvalue weighted by Crippen LogP contribution is 2.17. The Balaban J connectivity index is 0.00000264. The van der Waals surface area contributed by atoms with Crippen LogP contribution in [-0.4, -0.2) is 45.9 Å². The van der Waals surface area contributed by atoms with E-state index >= 15 is 0 Å². The fourth-order valence-corrected chi connectivity index (χ4v) is 3.64. The van der Waals surface area contributed by atoms with Gasteiger partial charge in [-0.05, 0) is 30.9 Å². The zero-order valence-electron chi connectivity index (χ0n) is 12.8. The predicted molar refractivity (Wildman–Crippen MR) is 90.3 cm³/mol. The van der Waals surface area contributed by atoms with Crippen molar-refractivity contribution in [1.82, 2.24) is 5.32 Å². The molecule has 1 unspecified atom stereocenters. The predicted octanol–water partition coefficient (Wildman–Crippen LogP) is 0.752. The SMILES string of the molecule is Cl.NC(C(=O)NCCS(=O)(=O)c1ccccc1)C1CCOCC1. The number of nitrogens with one attached hydrogen (secondary N) is 1. The number of rotatable bonds is 6. The molecule has 1 aromatic rings. The molecule has 0 aliphatic carbocycles. The fraction of sp³-hybridized carbons (Fsp3) is 0.533. The van der Waals surface area contributed by atoms with Crippen LogP contribution in [0.25, 0.3) is 0 Å². The van der Waals surface area contributed by atoms with Crippen molar-refractivity contribution < 1.29 is 17.9 Å². The number of sulfone groups is 1. The monoisotopic (exact) mass is 362 g/mol. The summed E-state index contributed by atoms with van der Waals surface area (Å²) >= 11 is 0. The number of halogens is 1. The van der Waals surface area contributed by atoms with Crippen molar-refractivity contribution in [3.8, 4) is 0 Å². The van der Waals surface area contributed by atoms with E-state index in [0.29, 0.717) is 13.2 Å². The topological polar surface area (TPSA) is 98.5 Å². The van der Waals surface area contributed by atoms with Crippen LogP contribution in [-0.2, 0) is 19.4 Å². The molecule has 1 saturated heterocycles. The molecule has 0 spiro atoms. The normalized spacial score (nSPS) is 17.1. The Morgan fingerprint density at radius 2 is 1.87 bits per heavy atom. The summed E-state index contributed by atoms with van der Waals surface area (Å²) in [6, 6.07) is 7.59. The molecule has 3 N–H and O–H groups in total. The third-order valence-electron chi connectivity index (χ3n) is 3.85. The fourth-order valence-electron chi connectivity index (χ4n) is 2.46. The van der Waals surface area contributed by atoms with E-state index in [-0.39, 0.29) is 41.4 Å². The van der Waals surface area contributed by atoms with E-state index < -0.39 is 15.9 Å². The zero-order valence-corrected chi connectivity index (χ0v) is 14.4. The Bertz CT molecular complexity index is 589. The van der Waals surface area contributed by atoms with Gasteiger partial charge in [0.05, 0.1) is 16.7 Å². The van der Waals surface area contributed by atoms with Gasteiger partial charge >= 0.3 is 0 Å². The number of carbonyl (C=O) groups is 1. The average Bonchev–Trinajstić information content (AvgIpc) is 2.55. The summed E-state index contributed by atoms with van der Waals surface area (Å²) in [5, 5.41) is 2.62. The van der Waals surface area contributed by atoms with Gasteiger partial charge in [0.25, 0.3) is 0 Å². The summed E-state index contributed by atoms with van der Waals surface area (Å²) in [6.45, 7) is 1.30. The Labute approximate surface area is 143 Å². The smallest absolute Gasteiger partial charge is 0.237 e. The van der Waals surface area contributed by atoms with E-state index in [1.807, 2.05) is 0 Å². The van der Waals surface area contributed by atoms with Gasteiger partial charge in [-0.3, -0.25) is 4.79 Å². The second kappa shape index (κ2) is 9.22. The first kappa shape index (κ1) is 19.9. The van der Waals surface area contributed by atoms with Crippen molar-refractivity contribution in [1.29, 1.82) is 0 Å². The molecule has 8 heteroatoms. The molecular formula is C15H23ClN2O4S. The molecule has 1 aromatic carbocycles. The molecule has 6 nitrogen and oxygen atoms in total. The number of ether oxygens (including phenoxy) is 1. The van der Waals surface area contributed by atoms with Gasteiger partial charge in [0, 0.05) is 19.8 Å². The van der Waals surface area contributed by atoms with Crippen LogP contribution in [0, 0.1) is 5.92 Å². The van der Waals surface area contributed by atoms with Gasteiger partial charge in [0.2, 0.25) is 5.91 Å². The molecule has 0 saturated carbocycles. The average molecular weight is 363 g/mol. The molecule has 0 bridgehead atoms. The highest BCUT2D eigenvalue weighted by Gasteiger charge is 2.26. The molecule has 1 fully saturated rings. The third kappa shape index (κ3) is 5.76. The minimum atomic E-state index is -3.38. The van der Waals surface area contributed by atoms with Crippen LogP contribution in [0.1, 0.15) is 12.8 Å². The van der Waals surface area contributed by atoms with E-state index in [4.69, 9.17) is 10.5 Å². The first-order chi connectivity index (χ1) is 10.5. The van der Waals surface area contributed by atoms with Crippen LogP contribution in [0.5, 0.6) is 0 Å².